The summed E-state index contributed by atoms with van der Waals surface area (Å²) in [6, 6.07) is 9.22. The molecule has 0 fully saturated rings. The first-order chi connectivity index (χ1) is 13.0. The molecule has 152 valence electrons. The normalized spacial score (nSPS) is 11.9. The van der Waals surface area contributed by atoms with E-state index in [2.05, 4.69) is 13.1 Å². The number of carboxylic acid groups (broad SMARTS) is 1. The van der Waals surface area contributed by atoms with Crippen LogP contribution in [0, 0.1) is 0 Å². The van der Waals surface area contributed by atoms with Crippen LogP contribution in [-0.4, -0.2) is 31.3 Å². The molecule has 1 aromatic heterocycles. The van der Waals surface area contributed by atoms with Crippen LogP contribution in [0.15, 0.2) is 41.0 Å². The zero-order chi connectivity index (χ0) is 20.9. The fraction of sp³-hybridized carbons (Fsp3) is 0.429. The van der Waals surface area contributed by atoms with Crippen LogP contribution in [0.25, 0.3) is 0 Å². The molecular weight excluding hydrogens is 376 g/mol. The van der Waals surface area contributed by atoms with Crippen LogP contribution < -0.4 is 14.9 Å². The second kappa shape index (κ2) is 8.64. The summed E-state index contributed by atoms with van der Waals surface area (Å²) >= 11 is 0. The van der Waals surface area contributed by atoms with Gasteiger partial charge in [0.15, 0.2) is 8.07 Å². The third-order valence-electron chi connectivity index (χ3n) is 4.31. The lowest BCUT2D eigenvalue weighted by Gasteiger charge is -2.24. The molecule has 0 saturated carbocycles. The molecule has 2 aromatic rings. The maximum atomic E-state index is 11.9. The summed E-state index contributed by atoms with van der Waals surface area (Å²) in [5.41, 5.74) is 0.543. The van der Waals surface area contributed by atoms with Crippen molar-refractivity contribution in [1.82, 2.24) is 0 Å². The van der Waals surface area contributed by atoms with E-state index in [0.29, 0.717) is 17.7 Å². The van der Waals surface area contributed by atoms with Crippen LogP contribution >= 0.6 is 0 Å². The molecular formula is C21H28O6Si. The number of hydrogen-bond acceptors (Lipinski definition) is 5. The Kier molecular flexibility index (Phi) is 6.72. The molecule has 0 bridgehead atoms. The number of hydrogen-bond donors (Lipinski definition) is 1. The molecule has 0 saturated heterocycles. The van der Waals surface area contributed by atoms with Gasteiger partial charge in [-0.25, -0.2) is 0 Å². The van der Waals surface area contributed by atoms with Crippen molar-refractivity contribution in [2.75, 3.05) is 6.23 Å². The summed E-state index contributed by atoms with van der Waals surface area (Å²) in [5.74, 6) is -0.465. The third-order valence-corrected chi connectivity index (χ3v) is 6.80. The lowest BCUT2D eigenvalue weighted by atomic mass is 9.86. The summed E-state index contributed by atoms with van der Waals surface area (Å²) in [6.45, 7) is 10.4. The second-order valence-corrected chi connectivity index (χ2v) is 13.0. The molecule has 28 heavy (non-hydrogen) atoms. The van der Waals surface area contributed by atoms with E-state index in [4.69, 9.17) is 19.0 Å². The summed E-state index contributed by atoms with van der Waals surface area (Å²) in [7, 11) is -1.86. The van der Waals surface area contributed by atoms with E-state index < -0.39 is 20.0 Å². The van der Waals surface area contributed by atoms with E-state index in [1.54, 1.807) is 18.4 Å². The fourth-order valence-electron chi connectivity index (χ4n) is 2.66. The average Bonchev–Trinajstić information content (AvgIpc) is 3.14. The Morgan fingerprint density at radius 1 is 1.14 bits per heavy atom. The molecule has 0 atom stereocenters. The molecule has 1 N–H and O–H groups in total. The highest BCUT2D eigenvalue weighted by Crippen LogP contribution is 2.35. The zero-order valence-electron chi connectivity index (χ0n) is 17.1. The van der Waals surface area contributed by atoms with E-state index in [1.807, 2.05) is 39.0 Å². The molecule has 2 rings (SSSR count). The van der Waals surface area contributed by atoms with Gasteiger partial charge in [-0.15, -0.1) is 0 Å². The van der Waals surface area contributed by atoms with E-state index in [9.17, 15) is 9.59 Å². The summed E-state index contributed by atoms with van der Waals surface area (Å²) in [4.78, 5) is 22.6. The van der Waals surface area contributed by atoms with Crippen LogP contribution in [0.4, 0.5) is 0 Å². The number of furan rings is 1. The lowest BCUT2D eigenvalue weighted by Crippen LogP contribution is -2.46. The van der Waals surface area contributed by atoms with Crippen molar-refractivity contribution in [1.29, 1.82) is 0 Å². The van der Waals surface area contributed by atoms with Gasteiger partial charge in [0.2, 0.25) is 0 Å². The van der Waals surface area contributed by atoms with Gasteiger partial charge in [-0.3, -0.25) is 9.59 Å². The molecule has 7 heteroatoms. The Bertz CT molecular complexity index is 818. The molecule has 0 radical (unpaired) electrons. The first-order valence-electron chi connectivity index (χ1n) is 9.23. The highest BCUT2D eigenvalue weighted by molar-refractivity contribution is 6.88. The largest absolute Gasteiger partial charge is 0.497 e. The Labute approximate surface area is 166 Å². The highest BCUT2D eigenvalue weighted by atomic mass is 28.3. The molecule has 0 amide bonds. The first kappa shape index (κ1) is 21.8. The molecule has 0 aliphatic carbocycles. The summed E-state index contributed by atoms with van der Waals surface area (Å²) < 4.78 is 17.0. The molecule has 0 spiro atoms. The number of aliphatic carboxylic acids is 1. The molecule has 6 nitrogen and oxygen atoms in total. The number of carboxylic acids is 1. The summed E-state index contributed by atoms with van der Waals surface area (Å²) in [6.07, 6.45) is 1.81. The van der Waals surface area contributed by atoms with Crippen LogP contribution in [-0.2, 0) is 15.0 Å². The van der Waals surface area contributed by atoms with E-state index in [0.717, 1.165) is 10.9 Å². The van der Waals surface area contributed by atoms with Crippen LogP contribution in [0.5, 0.6) is 11.5 Å². The Hall–Kier alpha value is -2.54. The first-order valence-corrected chi connectivity index (χ1v) is 12.4. The van der Waals surface area contributed by atoms with Crippen molar-refractivity contribution in [3.63, 3.8) is 0 Å². The third kappa shape index (κ3) is 5.99. The summed E-state index contributed by atoms with van der Waals surface area (Å²) in [5, 5.41) is 9.69. The molecule has 0 aliphatic rings. The van der Waals surface area contributed by atoms with E-state index >= 15 is 0 Å². The highest BCUT2D eigenvalue weighted by Gasteiger charge is 2.29. The van der Waals surface area contributed by atoms with Crippen molar-refractivity contribution < 1.29 is 28.6 Å². The molecule has 0 unspecified atom stereocenters. The van der Waals surface area contributed by atoms with Gasteiger partial charge >= 0.3 is 11.9 Å². The van der Waals surface area contributed by atoms with Crippen LogP contribution in [0.1, 0.15) is 39.2 Å². The maximum absolute atomic E-state index is 11.9. The van der Waals surface area contributed by atoms with Gasteiger partial charge in [0.25, 0.3) is 0 Å². The van der Waals surface area contributed by atoms with Crippen molar-refractivity contribution in [3.05, 3.63) is 42.2 Å². The number of esters is 1. The predicted octanol–water partition coefficient (Wildman–Crippen LogP) is 3.88. The van der Waals surface area contributed by atoms with Gasteiger partial charge in [0.1, 0.15) is 11.5 Å². The topological polar surface area (TPSA) is 86.0 Å². The molecule has 1 aromatic carbocycles. The predicted molar refractivity (Wildman–Crippen MR) is 109 cm³/mol. The average molecular weight is 405 g/mol. The quantitative estimate of drug-likeness (QED) is 0.408. The van der Waals surface area contributed by atoms with Crippen LogP contribution in [0.3, 0.4) is 0 Å². The van der Waals surface area contributed by atoms with Crippen molar-refractivity contribution in [2.24, 2.45) is 0 Å². The van der Waals surface area contributed by atoms with E-state index in [-0.39, 0.29) is 18.3 Å². The Morgan fingerprint density at radius 3 is 2.43 bits per heavy atom. The minimum absolute atomic E-state index is 0.167. The smallest absolute Gasteiger partial charge is 0.311 e. The standard InChI is InChI=1S/C21H28O6Si/c1-21(2,3)16-13-15(26-14-28(4,5)20-7-6-12-25-20)8-9-17(16)27-19(24)11-10-18(22)23/h6-9,12-13H,10-11,14H2,1-5H3,(H,22,23). The maximum Gasteiger partial charge on any atom is 0.311 e. The van der Waals surface area contributed by atoms with Crippen LogP contribution in [0.2, 0.25) is 13.1 Å². The zero-order valence-corrected chi connectivity index (χ0v) is 18.1. The van der Waals surface area contributed by atoms with Crippen molar-refractivity contribution >= 4 is 25.4 Å². The van der Waals surface area contributed by atoms with Gasteiger partial charge in [-0.05, 0) is 35.7 Å². The monoisotopic (exact) mass is 404 g/mol. The number of rotatable bonds is 8. The lowest BCUT2D eigenvalue weighted by molar-refractivity contribution is -0.142. The molecule has 0 aliphatic heterocycles. The fourth-order valence-corrected chi connectivity index (χ4v) is 4.26. The number of carbonyl (C=O) groups excluding carboxylic acids is 1. The molecule has 1 heterocycles. The van der Waals surface area contributed by atoms with E-state index in [1.165, 1.54) is 0 Å². The van der Waals surface area contributed by atoms with Gasteiger partial charge < -0.3 is 19.0 Å². The Morgan fingerprint density at radius 2 is 1.86 bits per heavy atom. The van der Waals surface area contributed by atoms with Gasteiger partial charge in [-0.2, -0.15) is 0 Å². The van der Waals surface area contributed by atoms with Gasteiger partial charge in [-0.1, -0.05) is 33.9 Å². The Balaban J connectivity index is 2.15. The SMILES string of the molecule is CC(C)(C)c1cc(OC[Si](C)(C)c2ccco2)ccc1OC(=O)CCC(=O)O. The van der Waals surface area contributed by atoms with Gasteiger partial charge in [0.05, 0.1) is 30.7 Å². The number of ether oxygens (including phenoxy) is 2. The van der Waals surface area contributed by atoms with Crippen molar-refractivity contribution in [3.8, 4) is 11.5 Å². The second-order valence-electron chi connectivity index (χ2n) is 8.43. The minimum atomic E-state index is -1.86. The van der Waals surface area contributed by atoms with Gasteiger partial charge in [0, 0.05) is 5.56 Å². The minimum Gasteiger partial charge on any atom is -0.497 e. The number of benzene rings is 1. The van der Waals surface area contributed by atoms with Crippen molar-refractivity contribution in [2.45, 2.75) is 52.1 Å². The number of carbonyl (C=O) groups is 2.